The molecule has 0 bridgehead atoms. The maximum atomic E-state index is 12.0. The molecule has 0 unspecified atom stereocenters. The summed E-state index contributed by atoms with van der Waals surface area (Å²) in [7, 11) is 1.62. The van der Waals surface area contributed by atoms with Gasteiger partial charge in [0.15, 0.2) is 0 Å². The van der Waals surface area contributed by atoms with Crippen molar-refractivity contribution < 1.29 is 14.6 Å². The normalized spacial score (nSPS) is 10.1. The zero-order chi connectivity index (χ0) is 15.2. The Morgan fingerprint density at radius 3 is 2.62 bits per heavy atom. The first kappa shape index (κ1) is 14.7. The number of methoxy groups -OCH3 is 1. The van der Waals surface area contributed by atoms with Crippen molar-refractivity contribution in [2.24, 2.45) is 0 Å². The zero-order valence-electron chi connectivity index (χ0n) is 11.8. The Kier molecular flexibility index (Phi) is 4.66. The fourth-order valence-electron chi connectivity index (χ4n) is 1.95. The Balaban J connectivity index is 1.90. The molecule has 0 aliphatic heterocycles. The molecule has 0 saturated carbocycles. The molecule has 0 heterocycles. The number of benzene rings is 2. The van der Waals surface area contributed by atoms with Crippen molar-refractivity contribution in [1.29, 1.82) is 0 Å². The first-order chi connectivity index (χ1) is 10.1. The number of phenolic OH excluding ortho intramolecular Hbond substituents is 1. The highest BCUT2D eigenvalue weighted by Gasteiger charge is 2.09. The summed E-state index contributed by atoms with van der Waals surface area (Å²) in [6.07, 6.45) is 0.703. The van der Waals surface area contributed by atoms with Gasteiger partial charge < -0.3 is 20.9 Å². The van der Waals surface area contributed by atoms with Gasteiger partial charge in [-0.1, -0.05) is 12.1 Å². The predicted octanol–water partition coefficient (Wildman–Crippen LogP) is 1.96. The summed E-state index contributed by atoms with van der Waals surface area (Å²) in [5.41, 5.74) is 7.44. The first-order valence-electron chi connectivity index (χ1n) is 6.60. The number of hydrogen-bond acceptors (Lipinski definition) is 4. The van der Waals surface area contributed by atoms with Crippen LogP contribution in [0.1, 0.15) is 15.9 Å². The van der Waals surface area contributed by atoms with Crippen molar-refractivity contribution in [2.45, 2.75) is 6.42 Å². The van der Waals surface area contributed by atoms with E-state index < -0.39 is 0 Å². The molecule has 0 spiro atoms. The molecule has 0 aliphatic rings. The van der Waals surface area contributed by atoms with Crippen LogP contribution in [0.3, 0.4) is 0 Å². The maximum Gasteiger partial charge on any atom is 0.253 e. The van der Waals surface area contributed by atoms with Crippen molar-refractivity contribution in [3.8, 4) is 11.5 Å². The SMILES string of the molecule is COc1ccc(CCNC(=O)c2cc(O)ccc2N)cc1. The zero-order valence-corrected chi connectivity index (χ0v) is 11.8. The molecule has 4 N–H and O–H groups in total. The second-order valence-corrected chi connectivity index (χ2v) is 4.63. The number of rotatable bonds is 5. The van der Waals surface area contributed by atoms with E-state index >= 15 is 0 Å². The molecule has 0 radical (unpaired) electrons. The molecule has 0 fully saturated rings. The van der Waals surface area contributed by atoms with Crippen LogP contribution < -0.4 is 15.8 Å². The summed E-state index contributed by atoms with van der Waals surface area (Å²) in [6, 6.07) is 12.0. The number of amides is 1. The molecule has 110 valence electrons. The molecule has 5 heteroatoms. The van der Waals surface area contributed by atoms with E-state index in [4.69, 9.17) is 10.5 Å². The maximum absolute atomic E-state index is 12.0. The largest absolute Gasteiger partial charge is 0.508 e. The average Bonchev–Trinajstić information content (AvgIpc) is 2.50. The Labute approximate surface area is 123 Å². The Morgan fingerprint density at radius 1 is 1.24 bits per heavy atom. The minimum absolute atomic E-state index is 0.0181. The van der Waals surface area contributed by atoms with Crippen molar-refractivity contribution in [2.75, 3.05) is 19.4 Å². The molecule has 2 aromatic rings. The number of nitrogens with one attached hydrogen (secondary N) is 1. The highest BCUT2D eigenvalue weighted by molar-refractivity contribution is 5.99. The van der Waals surface area contributed by atoms with Gasteiger partial charge in [-0.25, -0.2) is 0 Å². The fourth-order valence-corrected chi connectivity index (χ4v) is 1.95. The lowest BCUT2D eigenvalue weighted by Crippen LogP contribution is -2.26. The van der Waals surface area contributed by atoms with Crippen molar-refractivity contribution in [3.05, 3.63) is 53.6 Å². The lowest BCUT2D eigenvalue weighted by atomic mass is 10.1. The number of aromatic hydroxyl groups is 1. The molecule has 5 nitrogen and oxygen atoms in total. The molecule has 0 aromatic heterocycles. The van der Waals surface area contributed by atoms with Crippen LogP contribution in [0.15, 0.2) is 42.5 Å². The summed E-state index contributed by atoms with van der Waals surface area (Å²) in [5, 5.41) is 12.2. The minimum Gasteiger partial charge on any atom is -0.508 e. The van der Waals surface area contributed by atoms with E-state index in [-0.39, 0.29) is 17.2 Å². The van der Waals surface area contributed by atoms with Gasteiger partial charge in [-0.15, -0.1) is 0 Å². The van der Waals surface area contributed by atoms with Crippen LogP contribution in [0.5, 0.6) is 11.5 Å². The molecular weight excluding hydrogens is 268 g/mol. The van der Waals surface area contributed by atoms with E-state index in [9.17, 15) is 9.90 Å². The first-order valence-corrected chi connectivity index (χ1v) is 6.60. The van der Waals surface area contributed by atoms with Crippen LogP contribution in [0.2, 0.25) is 0 Å². The van der Waals surface area contributed by atoms with Crippen LogP contribution in [0, 0.1) is 0 Å². The van der Waals surface area contributed by atoms with Gasteiger partial charge in [0.2, 0.25) is 0 Å². The number of hydrogen-bond donors (Lipinski definition) is 3. The average molecular weight is 286 g/mol. The van der Waals surface area contributed by atoms with E-state index in [1.807, 2.05) is 24.3 Å². The number of anilines is 1. The standard InChI is InChI=1S/C16H18N2O3/c1-21-13-5-2-11(3-6-13)8-9-18-16(20)14-10-12(19)4-7-15(14)17/h2-7,10,19H,8-9,17H2,1H3,(H,18,20). The second kappa shape index (κ2) is 6.65. The molecule has 2 aromatic carbocycles. The van der Waals surface area contributed by atoms with Gasteiger partial charge in [0, 0.05) is 12.2 Å². The lowest BCUT2D eigenvalue weighted by Gasteiger charge is -2.08. The number of nitrogen functional groups attached to an aromatic ring is 1. The van der Waals surface area contributed by atoms with Gasteiger partial charge in [0.1, 0.15) is 11.5 Å². The summed E-state index contributed by atoms with van der Waals surface area (Å²) in [4.78, 5) is 12.0. The Hall–Kier alpha value is -2.69. The molecule has 2 rings (SSSR count). The summed E-state index contributed by atoms with van der Waals surface area (Å²) < 4.78 is 5.09. The number of carbonyl (C=O) groups is 1. The predicted molar refractivity (Wildman–Crippen MR) is 81.6 cm³/mol. The third-order valence-electron chi connectivity index (χ3n) is 3.14. The van der Waals surface area contributed by atoms with Crippen molar-refractivity contribution in [3.63, 3.8) is 0 Å². The number of phenols is 1. The molecule has 1 amide bonds. The van der Waals surface area contributed by atoms with E-state index in [0.29, 0.717) is 18.7 Å². The van der Waals surface area contributed by atoms with Gasteiger partial charge >= 0.3 is 0 Å². The quantitative estimate of drug-likeness (QED) is 0.579. The summed E-state index contributed by atoms with van der Waals surface area (Å²) in [5.74, 6) is 0.525. The topological polar surface area (TPSA) is 84.6 Å². The smallest absolute Gasteiger partial charge is 0.253 e. The van der Waals surface area contributed by atoms with Gasteiger partial charge in [-0.3, -0.25) is 4.79 Å². The third-order valence-corrected chi connectivity index (χ3v) is 3.14. The van der Waals surface area contributed by atoms with E-state index in [1.165, 1.54) is 18.2 Å². The van der Waals surface area contributed by atoms with Crippen LogP contribution in [0.4, 0.5) is 5.69 Å². The highest BCUT2D eigenvalue weighted by atomic mass is 16.5. The molecule has 21 heavy (non-hydrogen) atoms. The third kappa shape index (κ3) is 3.89. The number of nitrogens with two attached hydrogens (primary N) is 1. The van der Waals surface area contributed by atoms with Crippen molar-refractivity contribution in [1.82, 2.24) is 5.32 Å². The van der Waals surface area contributed by atoms with Gasteiger partial charge in [-0.2, -0.15) is 0 Å². The molecular formula is C16H18N2O3. The number of ether oxygens (including phenoxy) is 1. The fraction of sp³-hybridized carbons (Fsp3) is 0.188. The van der Waals surface area contributed by atoms with Crippen molar-refractivity contribution >= 4 is 11.6 Å². The van der Waals surface area contributed by atoms with Crippen LogP contribution in [-0.4, -0.2) is 24.7 Å². The van der Waals surface area contributed by atoms with Gasteiger partial charge in [0.25, 0.3) is 5.91 Å². The van der Waals surface area contributed by atoms with Crippen LogP contribution in [-0.2, 0) is 6.42 Å². The molecule has 0 aliphatic carbocycles. The van der Waals surface area contributed by atoms with Gasteiger partial charge in [0.05, 0.1) is 12.7 Å². The highest BCUT2D eigenvalue weighted by Crippen LogP contribution is 2.18. The summed E-state index contributed by atoms with van der Waals surface area (Å²) in [6.45, 7) is 0.486. The Bertz CT molecular complexity index is 624. The molecule has 0 atom stereocenters. The van der Waals surface area contributed by atoms with E-state index in [1.54, 1.807) is 7.11 Å². The van der Waals surface area contributed by atoms with Gasteiger partial charge in [-0.05, 0) is 42.3 Å². The minimum atomic E-state index is -0.295. The van der Waals surface area contributed by atoms with Crippen LogP contribution >= 0.6 is 0 Å². The lowest BCUT2D eigenvalue weighted by molar-refractivity contribution is 0.0954. The monoisotopic (exact) mass is 286 g/mol. The Morgan fingerprint density at radius 2 is 1.95 bits per heavy atom. The molecule has 0 saturated heterocycles. The van der Waals surface area contributed by atoms with E-state index in [0.717, 1.165) is 11.3 Å². The number of carbonyl (C=O) groups excluding carboxylic acids is 1. The van der Waals surface area contributed by atoms with Crippen LogP contribution in [0.25, 0.3) is 0 Å². The second-order valence-electron chi connectivity index (χ2n) is 4.63. The summed E-state index contributed by atoms with van der Waals surface area (Å²) >= 11 is 0. The van der Waals surface area contributed by atoms with E-state index in [2.05, 4.69) is 5.32 Å².